The molecule has 2 unspecified atom stereocenters. The Bertz CT molecular complexity index is 972. The lowest BCUT2D eigenvalue weighted by molar-refractivity contribution is -0.895. The molecule has 1 fully saturated rings. The fraction of sp³-hybridized carbons (Fsp3) is 0.400. The Morgan fingerprint density at radius 3 is 2.28 bits per heavy atom. The van der Waals surface area contributed by atoms with E-state index in [2.05, 4.69) is 13.8 Å². The zero-order chi connectivity index (χ0) is 23.3. The molecule has 2 aromatic rings. The quantitative estimate of drug-likeness (QED) is 0.346. The van der Waals surface area contributed by atoms with Gasteiger partial charge >= 0.3 is 0 Å². The summed E-state index contributed by atoms with van der Waals surface area (Å²) < 4.78 is 10.9. The number of ketones is 2. The Balaban J connectivity index is 2.10. The van der Waals surface area contributed by atoms with Crippen LogP contribution in [0.3, 0.4) is 0 Å². The number of amides is 1. The molecule has 3 rings (SSSR count). The van der Waals surface area contributed by atoms with Gasteiger partial charge in [0.05, 0.1) is 46.4 Å². The summed E-state index contributed by atoms with van der Waals surface area (Å²) in [6, 6.07) is 13.1. The lowest BCUT2D eigenvalue weighted by Gasteiger charge is -2.29. The van der Waals surface area contributed by atoms with E-state index in [1.165, 1.54) is 16.9 Å². The number of ether oxygens (including phenoxy) is 2. The number of likely N-dealkylation sites (N-methyl/N-ethyl adjacent to an activating group) is 1. The number of hydrogen-bond donors (Lipinski definition) is 1. The van der Waals surface area contributed by atoms with E-state index < -0.39 is 23.7 Å². The largest absolute Gasteiger partial charge is 0.497 e. The maximum atomic E-state index is 13.5. The first-order valence-corrected chi connectivity index (χ1v) is 11.0. The third-order valence-electron chi connectivity index (χ3n) is 6.21. The molecule has 1 N–H and O–H groups in total. The standard InChI is InChI=1S/C25H30N2O5/c1-5-26(6-2)14-15-27-22(19-16-18(31-3)12-13-20(19)32-4)21(24(29)25(27)30)23(28)17-10-8-7-9-11-17/h7-13,16,21-22H,5-6,14-15H2,1-4H3/p+1. The zero-order valence-corrected chi connectivity index (χ0v) is 19.1. The number of nitrogens with zero attached hydrogens (tertiary/aromatic N) is 1. The van der Waals surface area contributed by atoms with Crippen LogP contribution < -0.4 is 14.4 Å². The van der Waals surface area contributed by atoms with E-state index in [0.29, 0.717) is 35.7 Å². The molecular weight excluding hydrogens is 408 g/mol. The number of hydrogen-bond acceptors (Lipinski definition) is 5. The number of rotatable bonds is 10. The van der Waals surface area contributed by atoms with Crippen LogP contribution in [0.5, 0.6) is 11.5 Å². The molecule has 1 aliphatic rings. The highest BCUT2D eigenvalue weighted by Crippen LogP contribution is 2.42. The van der Waals surface area contributed by atoms with Crippen molar-refractivity contribution in [1.82, 2.24) is 4.90 Å². The van der Waals surface area contributed by atoms with Crippen LogP contribution in [0.1, 0.15) is 35.8 Å². The van der Waals surface area contributed by atoms with E-state index in [-0.39, 0.29) is 5.78 Å². The van der Waals surface area contributed by atoms with Crippen molar-refractivity contribution in [2.24, 2.45) is 5.92 Å². The number of methoxy groups -OCH3 is 2. The van der Waals surface area contributed by atoms with E-state index in [1.54, 1.807) is 55.6 Å². The lowest BCUT2D eigenvalue weighted by atomic mass is 9.86. The van der Waals surface area contributed by atoms with Crippen LogP contribution in [0.2, 0.25) is 0 Å². The molecule has 1 aliphatic heterocycles. The summed E-state index contributed by atoms with van der Waals surface area (Å²) in [4.78, 5) is 42.6. The summed E-state index contributed by atoms with van der Waals surface area (Å²) in [5.74, 6) is -1.74. The van der Waals surface area contributed by atoms with E-state index in [4.69, 9.17) is 9.47 Å². The molecule has 0 aliphatic carbocycles. The Morgan fingerprint density at radius 2 is 1.69 bits per heavy atom. The smallest absolute Gasteiger partial charge is 0.291 e. The van der Waals surface area contributed by atoms with Crippen LogP contribution in [0, 0.1) is 5.92 Å². The van der Waals surface area contributed by atoms with E-state index in [0.717, 1.165) is 13.1 Å². The van der Waals surface area contributed by atoms with Gasteiger partial charge in [-0.25, -0.2) is 0 Å². The van der Waals surface area contributed by atoms with Crippen molar-refractivity contribution in [2.75, 3.05) is 40.4 Å². The van der Waals surface area contributed by atoms with Crippen LogP contribution in [0.25, 0.3) is 0 Å². The fourth-order valence-electron chi connectivity index (χ4n) is 4.31. The SMILES string of the molecule is CC[NH+](CC)CCN1C(=O)C(=O)C(C(=O)c2ccccc2)C1c1cc(OC)ccc1OC. The van der Waals surface area contributed by atoms with Gasteiger partial charge in [-0.1, -0.05) is 30.3 Å². The second-order valence-corrected chi connectivity index (χ2v) is 7.83. The first-order chi connectivity index (χ1) is 15.5. The predicted molar refractivity (Wildman–Crippen MR) is 120 cm³/mol. The van der Waals surface area contributed by atoms with Gasteiger partial charge in [-0.15, -0.1) is 0 Å². The molecule has 2 atom stereocenters. The Labute approximate surface area is 188 Å². The van der Waals surface area contributed by atoms with Gasteiger partial charge < -0.3 is 19.3 Å². The summed E-state index contributed by atoms with van der Waals surface area (Å²) in [6.07, 6.45) is 0. The van der Waals surface area contributed by atoms with Crippen LogP contribution in [0.15, 0.2) is 48.5 Å². The molecule has 0 aromatic heterocycles. The van der Waals surface area contributed by atoms with Crippen molar-refractivity contribution in [3.63, 3.8) is 0 Å². The Morgan fingerprint density at radius 1 is 1.00 bits per heavy atom. The molecule has 0 saturated carbocycles. The first kappa shape index (κ1) is 23.5. The van der Waals surface area contributed by atoms with Crippen molar-refractivity contribution < 1.29 is 28.8 Å². The topological polar surface area (TPSA) is 77.4 Å². The molecule has 1 saturated heterocycles. The number of nitrogens with one attached hydrogen (secondary N) is 1. The fourth-order valence-corrected chi connectivity index (χ4v) is 4.31. The van der Waals surface area contributed by atoms with Gasteiger partial charge in [0.25, 0.3) is 5.91 Å². The molecule has 170 valence electrons. The van der Waals surface area contributed by atoms with Gasteiger partial charge in [0.15, 0.2) is 5.78 Å². The number of Topliss-reactive ketones (excluding diaryl/α,β-unsaturated/α-hetero) is 2. The Kier molecular flexibility index (Phi) is 7.64. The highest BCUT2D eigenvalue weighted by molar-refractivity contribution is 6.44. The number of carbonyl (C=O) groups excluding carboxylic acids is 3. The summed E-state index contributed by atoms with van der Waals surface area (Å²) >= 11 is 0. The summed E-state index contributed by atoms with van der Waals surface area (Å²) in [5.41, 5.74) is 0.997. The molecule has 0 spiro atoms. The molecule has 0 bridgehead atoms. The second-order valence-electron chi connectivity index (χ2n) is 7.83. The van der Waals surface area contributed by atoms with Crippen LogP contribution in [-0.4, -0.2) is 62.8 Å². The van der Waals surface area contributed by atoms with Crippen molar-refractivity contribution in [3.8, 4) is 11.5 Å². The van der Waals surface area contributed by atoms with E-state index >= 15 is 0 Å². The maximum Gasteiger partial charge on any atom is 0.291 e. The van der Waals surface area contributed by atoms with Gasteiger partial charge in [-0.05, 0) is 32.0 Å². The molecular formula is C25H31N2O5+. The van der Waals surface area contributed by atoms with Crippen LogP contribution >= 0.6 is 0 Å². The van der Waals surface area contributed by atoms with Crippen molar-refractivity contribution in [2.45, 2.75) is 19.9 Å². The number of benzene rings is 2. The average molecular weight is 440 g/mol. The Hall–Kier alpha value is -3.19. The normalized spacial score (nSPS) is 18.3. The minimum Gasteiger partial charge on any atom is -0.497 e. The van der Waals surface area contributed by atoms with Crippen molar-refractivity contribution in [1.29, 1.82) is 0 Å². The number of quaternary nitrogens is 1. The number of carbonyl (C=O) groups is 3. The first-order valence-electron chi connectivity index (χ1n) is 11.0. The third-order valence-corrected chi connectivity index (χ3v) is 6.21. The van der Waals surface area contributed by atoms with Crippen molar-refractivity contribution in [3.05, 3.63) is 59.7 Å². The minimum absolute atomic E-state index is 0.364. The van der Waals surface area contributed by atoms with Gasteiger partial charge in [-0.3, -0.25) is 14.4 Å². The molecule has 7 heteroatoms. The zero-order valence-electron chi connectivity index (χ0n) is 19.1. The summed E-state index contributed by atoms with van der Waals surface area (Å²) in [6.45, 7) is 7.03. The monoisotopic (exact) mass is 439 g/mol. The highest BCUT2D eigenvalue weighted by Gasteiger charge is 2.52. The molecule has 2 aromatic carbocycles. The molecule has 7 nitrogen and oxygen atoms in total. The third kappa shape index (κ3) is 4.53. The average Bonchev–Trinajstić information content (AvgIpc) is 3.09. The summed E-state index contributed by atoms with van der Waals surface area (Å²) in [5, 5.41) is 0. The predicted octanol–water partition coefficient (Wildman–Crippen LogP) is 1.58. The van der Waals surface area contributed by atoms with Crippen LogP contribution in [0.4, 0.5) is 0 Å². The van der Waals surface area contributed by atoms with E-state index in [1.807, 2.05) is 0 Å². The van der Waals surface area contributed by atoms with Gasteiger partial charge in [-0.2, -0.15) is 0 Å². The van der Waals surface area contributed by atoms with Gasteiger partial charge in [0.2, 0.25) is 5.78 Å². The molecule has 1 heterocycles. The second kappa shape index (κ2) is 10.4. The number of likely N-dealkylation sites (tertiary alicyclic amines) is 1. The molecule has 0 radical (unpaired) electrons. The van der Waals surface area contributed by atoms with Gasteiger partial charge in [0.1, 0.15) is 17.4 Å². The van der Waals surface area contributed by atoms with E-state index in [9.17, 15) is 14.4 Å². The van der Waals surface area contributed by atoms with Crippen LogP contribution in [-0.2, 0) is 9.59 Å². The highest BCUT2D eigenvalue weighted by atomic mass is 16.5. The lowest BCUT2D eigenvalue weighted by Crippen LogP contribution is -3.12. The summed E-state index contributed by atoms with van der Waals surface area (Å²) in [7, 11) is 3.08. The van der Waals surface area contributed by atoms with Gasteiger partial charge in [0, 0.05) is 11.1 Å². The van der Waals surface area contributed by atoms with Crippen molar-refractivity contribution >= 4 is 17.5 Å². The minimum atomic E-state index is -1.14. The maximum absolute atomic E-state index is 13.5. The molecule has 32 heavy (non-hydrogen) atoms. The molecule has 1 amide bonds.